The van der Waals surface area contributed by atoms with Crippen LogP contribution in [0.5, 0.6) is 0 Å². The van der Waals surface area contributed by atoms with Gasteiger partial charge in [-0.2, -0.15) is 10.2 Å². The van der Waals surface area contributed by atoms with Gasteiger partial charge in [0.25, 0.3) is 0 Å². The van der Waals surface area contributed by atoms with Crippen molar-refractivity contribution in [1.29, 1.82) is 0 Å². The fourth-order valence-corrected chi connectivity index (χ4v) is 3.64. The summed E-state index contributed by atoms with van der Waals surface area (Å²) in [5.41, 5.74) is 1.93. The maximum atomic E-state index is 14.2. The Morgan fingerprint density at radius 1 is 1.17 bits per heavy atom. The van der Waals surface area contributed by atoms with E-state index in [1.54, 1.807) is 12.4 Å². The van der Waals surface area contributed by atoms with Gasteiger partial charge in [0.2, 0.25) is 0 Å². The number of fused-ring (bicyclic) bond motifs is 1. The zero-order valence-electron chi connectivity index (χ0n) is 16.1. The summed E-state index contributed by atoms with van der Waals surface area (Å²) in [4.78, 5) is 20.9. The number of hydrogen-bond donors (Lipinski definition) is 1. The van der Waals surface area contributed by atoms with Crippen LogP contribution in [0.4, 0.5) is 10.2 Å². The van der Waals surface area contributed by atoms with Crippen molar-refractivity contribution in [3.05, 3.63) is 42.4 Å². The molecule has 5 rings (SSSR count). The lowest BCUT2D eigenvalue weighted by Crippen LogP contribution is -2.39. The lowest BCUT2D eigenvalue weighted by Gasteiger charge is -2.33. The van der Waals surface area contributed by atoms with Gasteiger partial charge in [-0.15, -0.1) is 0 Å². The first-order valence-corrected chi connectivity index (χ1v) is 10.1. The molecule has 0 atom stereocenters. The molecule has 2 aromatic heterocycles. The summed E-state index contributed by atoms with van der Waals surface area (Å²) in [6.45, 7) is 0.261. The van der Waals surface area contributed by atoms with Crippen LogP contribution in [0.15, 0.2) is 36.7 Å². The van der Waals surface area contributed by atoms with Crippen LogP contribution in [0.25, 0.3) is 22.2 Å². The average molecular weight is 391 g/mol. The summed E-state index contributed by atoms with van der Waals surface area (Å²) in [5, 5.41) is 12.4. The fraction of sp³-hybridized carbons (Fsp3) is 0.409. The molecule has 148 valence electrons. The fourth-order valence-electron chi connectivity index (χ4n) is 3.64. The molecule has 29 heavy (non-hydrogen) atoms. The van der Waals surface area contributed by atoms with Gasteiger partial charge < -0.3 is 5.32 Å². The third-order valence-corrected chi connectivity index (χ3v) is 5.79. The number of ketones is 1. The average Bonchev–Trinajstić information content (AvgIpc) is 3.56. The van der Waals surface area contributed by atoms with Crippen molar-refractivity contribution in [2.75, 3.05) is 11.9 Å². The second-order valence-electron chi connectivity index (χ2n) is 8.17. The number of nitrogens with one attached hydrogen (secondary N) is 1. The van der Waals surface area contributed by atoms with E-state index >= 15 is 0 Å². The summed E-state index contributed by atoms with van der Waals surface area (Å²) < 4.78 is 14.2. The molecule has 7 heteroatoms. The van der Waals surface area contributed by atoms with Crippen LogP contribution in [0.3, 0.4) is 0 Å². The molecule has 0 amide bonds. The van der Waals surface area contributed by atoms with Gasteiger partial charge in [0.05, 0.1) is 42.3 Å². The van der Waals surface area contributed by atoms with Crippen LogP contribution in [0, 0.1) is 5.92 Å². The number of alkyl halides is 1. The van der Waals surface area contributed by atoms with Gasteiger partial charge in [-0.1, -0.05) is 6.07 Å². The van der Waals surface area contributed by atoms with E-state index in [2.05, 4.69) is 25.5 Å². The van der Waals surface area contributed by atoms with Crippen LogP contribution >= 0.6 is 0 Å². The molecule has 0 spiro atoms. The molecule has 1 N–H and O–H groups in total. The van der Waals surface area contributed by atoms with E-state index in [0.29, 0.717) is 36.5 Å². The number of nitrogens with zero attached hydrogens (tertiary/aromatic N) is 4. The van der Waals surface area contributed by atoms with Crippen LogP contribution in [-0.2, 0) is 11.2 Å². The van der Waals surface area contributed by atoms with Crippen molar-refractivity contribution in [3.8, 4) is 11.3 Å². The number of benzene rings is 1. The third kappa shape index (κ3) is 3.95. The van der Waals surface area contributed by atoms with E-state index in [9.17, 15) is 9.18 Å². The minimum absolute atomic E-state index is 0.216. The minimum Gasteiger partial charge on any atom is -0.366 e. The molecular formula is C22H22FN5O. The molecule has 0 aliphatic heterocycles. The Morgan fingerprint density at radius 3 is 2.79 bits per heavy atom. The number of carbonyl (C=O) groups is 1. The van der Waals surface area contributed by atoms with E-state index in [1.807, 2.05) is 24.3 Å². The quantitative estimate of drug-likeness (QED) is 0.658. The molecule has 0 unspecified atom stereocenters. The number of aromatic nitrogens is 4. The smallest absolute Gasteiger partial charge is 0.145 e. The Labute approximate surface area is 168 Å². The first-order valence-electron chi connectivity index (χ1n) is 10.1. The SMILES string of the molecule is O=C(Cc1cc2cc(-c3cncc(NCC4(F)CCC4)n3)ccc2nn1)C1CC1. The van der Waals surface area contributed by atoms with E-state index < -0.39 is 5.67 Å². The van der Waals surface area contributed by atoms with E-state index in [1.165, 1.54) is 0 Å². The molecule has 2 aliphatic rings. The van der Waals surface area contributed by atoms with E-state index in [4.69, 9.17) is 0 Å². The monoisotopic (exact) mass is 391 g/mol. The highest BCUT2D eigenvalue weighted by Crippen LogP contribution is 2.35. The van der Waals surface area contributed by atoms with Crippen LogP contribution in [0.2, 0.25) is 0 Å². The van der Waals surface area contributed by atoms with Crippen molar-refractivity contribution in [1.82, 2.24) is 20.2 Å². The van der Waals surface area contributed by atoms with E-state index in [0.717, 1.165) is 35.7 Å². The molecule has 1 aromatic carbocycles. The molecule has 2 aliphatic carbocycles. The highest BCUT2D eigenvalue weighted by Gasteiger charge is 2.36. The van der Waals surface area contributed by atoms with Crippen LogP contribution < -0.4 is 5.32 Å². The number of Topliss-reactive ketones (excluding diaryl/α,β-unsaturated/α-hetero) is 1. The number of hydrogen-bond acceptors (Lipinski definition) is 6. The molecule has 3 aromatic rings. The summed E-state index contributed by atoms with van der Waals surface area (Å²) in [6.07, 6.45) is 7.77. The Kier molecular flexibility index (Phi) is 4.45. The van der Waals surface area contributed by atoms with Crippen LogP contribution in [-0.4, -0.2) is 38.2 Å². The molecule has 6 nitrogen and oxygen atoms in total. The van der Waals surface area contributed by atoms with Crippen LogP contribution in [0.1, 0.15) is 37.8 Å². The minimum atomic E-state index is -1.12. The summed E-state index contributed by atoms with van der Waals surface area (Å²) in [6, 6.07) is 7.70. The first-order chi connectivity index (χ1) is 14.1. The summed E-state index contributed by atoms with van der Waals surface area (Å²) >= 11 is 0. The maximum absolute atomic E-state index is 14.2. The zero-order valence-corrected chi connectivity index (χ0v) is 16.1. The maximum Gasteiger partial charge on any atom is 0.145 e. The zero-order chi connectivity index (χ0) is 19.8. The molecular weight excluding hydrogens is 369 g/mol. The van der Waals surface area contributed by atoms with Crippen molar-refractivity contribution in [2.45, 2.75) is 44.2 Å². The molecule has 0 saturated heterocycles. The molecule has 2 saturated carbocycles. The molecule has 2 fully saturated rings. The number of carbonyl (C=O) groups excluding carboxylic acids is 1. The molecule has 2 heterocycles. The second kappa shape index (κ2) is 7.13. The normalized spacial score (nSPS) is 17.7. The Morgan fingerprint density at radius 2 is 2.03 bits per heavy atom. The Bertz CT molecular complexity index is 1080. The summed E-state index contributed by atoms with van der Waals surface area (Å²) in [5.74, 6) is 1.03. The van der Waals surface area contributed by atoms with Gasteiger partial charge in [0.15, 0.2) is 0 Å². The third-order valence-electron chi connectivity index (χ3n) is 5.79. The van der Waals surface area contributed by atoms with Gasteiger partial charge in [0.1, 0.15) is 17.3 Å². The van der Waals surface area contributed by atoms with Gasteiger partial charge in [-0.05, 0) is 50.3 Å². The standard InChI is InChI=1S/C22H22FN5O/c23-22(6-1-7-22)13-25-21-12-24-11-19(26-21)15-4-5-18-16(8-15)9-17(27-28-18)10-20(29)14-2-3-14/h4-5,8-9,11-12,14H,1-3,6-7,10,13H2,(H,25,26). The largest absolute Gasteiger partial charge is 0.366 e. The lowest BCUT2D eigenvalue weighted by molar-refractivity contribution is -0.119. The Balaban J connectivity index is 1.37. The summed E-state index contributed by atoms with van der Waals surface area (Å²) in [7, 11) is 0. The van der Waals surface area contributed by atoms with Gasteiger partial charge in [-0.25, -0.2) is 9.37 Å². The van der Waals surface area contributed by atoms with Gasteiger partial charge >= 0.3 is 0 Å². The number of rotatable bonds is 7. The first kappa shape index (κ1) is 18.1. The molecule has 0 bridgehead atoms. The predicted molar refractivity (Wildman–Crippen MR) is 108 cm³/mol. The molecule has 0 radical (unpaired) electrons. The predicted octanol–water partition coefficient (Wildman–Crippen LogP) is 3.91. The Hall–Kier alpha value is -2.96. The lowest BCUT2D eigenvalue weighted by atomic mass is 9.82. The van der Waals surface area contributed by atoms with Crippen molar-refractivity contribution < 1.29 is 9.18 Å². The highest BCUT2D eigenvalue weighted by atomic mass is 19.1. The van der Waals surface area contributed by atoms with Gasteiger partial charge in [0, 0.05) is 16.9 Å². The highest BCUT2D eigenvalue weighted by molar-refractivity contribution is 5.87. The topological polar surface area (TPSA) is 80.7 Å². The van der Waals surface area contributed by atoms with Gasteiger partial charge in [-0.3, -0.25) is 9.78 Å². The van der Waals surface area contributed by atoms with Crippen molar-refractivity contribution in [3.63, 3.8) is 0 Å². The second-order valence-corrected chi connectivity index (χ2v) is 8.17. The number of halogens is 1. The number of anilines is 1. The van der Waals surface area contributed by atoms with E-state index in [-0.39, 0.29) is 18.2 Å². The van der Waals surface area contributed by atoms with Crippen molar-refractivity contribution >= 4 is 22.5 Å². The van der Waals surface area contributed by atoms with Crippen molar-refractivity contribution in [2.24, 2.45) is 5.92 Å².